The van der Waals surface area contributed by atoms with Crippen molar-refractivity contribution in [3.05, 3.63) is 59.7 Å². The van der Waals surface area contributed by atoms with Crippen molar-refractivity contribution in [1.82, 2.24) is 0 Å². The summed E-state index contributed by atoms with van der Waals surface area (Å²) in [5, 5.41) is 3.06. The lowest BCUT2D eigenvalue weighted by Crippen LogP contribution is -2.45. The van der Waals surface area contributed by atoms with Crippen LogP contribution in [0.4, 0.5) is 5.69 Å². The molecular weight excluding hydrogens is 266 g/mol. The number of hydrogen-bond donors (Lipinski definition) is 1. The predicted molar refractivity (Wildman–Crippen MR) is 80.1 cm³/mol. The van der Waals surface area contributed by atoms with Crippen LogP contribution in [0.25, 0.3) is 0 Å². The number of carbonyl (C=O) groups is 2. The molecule has 0 spiro atoms. The highest BCUT2D eigenvalue weighted by molar-refractivity contribution is 6.34. The van der Waals surface area contributed by atoms with Gasteiger partial charge in [-0.2, -0.15) is 0 Å². The van der Waals surface area contributed by atoms with Crippen molar-refractivity contribution in [3.63, 3.8) is 0 Å². The number of ketones is 2. The van der Waals surface area contributed by atoms with Gasteiger partial charge in [-0.15, -0.1) is 0 Å². The summed E-state index contributed by atoms with van der Waals surface area (Å²) in [5.41, 5.74) is 0.406. The molecule has 0 aromatic heterocycles. The van der Waals surface area contributed by atoms with Gasteiger partial charge in [0, 0.05) is 16.8 Å². The van der Waals surface area contributed by atoms with Crippen molar-refractivity contribution in [2.75, 3.05) is 12.4 Å². The second-order valence-electron chi connectivity index (χ2n) is 5.18. The van der Waals surface area contributed by atoms with Crippen LogP contribution in [0.3, 0.4) is 0 Å². The number of benzene rings is 2. The van der Waals surface area contributed by atoms with E-state index in [-0.39, 0.29) is 11.6 Å². The van der Waals surface area contributed by atoms with Crippen molar-refractivity contribution in [3.8, 4) is 5.75 Å². The number of rotatable bonds is 3. The van der Waals surface area contributed by atoms with Gasteiger partial charge in [-0.05, 0) is 31.2 Å². The first-order chi connectivity index (χ1) is 10.1. The van der Waals surface area contributed by atoms with E-state index in [4.69, 9.17) is 4.74 Å². The van der Waals surface area contributed by atoms with Crippen molar-refractivity contribution in [2.45, 2.75) is 12.5 Å². The Morgan fingerprint density at radius 3 is 1.90 bits per heavy atom. The second-order valence-corrected chi connectivity index (χ2v) is 5.18. The standard InChI is InChI=1S/C17H15NO3/c1-17(18-11-7-9-12(21-2)10-8-11)15(19)13-5-3-4-6-14(13)16(17)20/h3-10,18H,1-2H3. The SMILES string of the molecule is COc1ccc(NC2(C)C(=O)c3ccccc3C2=O)cc1. The zero-order valence-electron chi connectivity index (χ0n) is 11.8. The molecule has 0 amide bonds. The number of hydrogen-bond acceptors (Lipinski definition) is 4. The zero-order chi connectivity index (χ0) is 15.0. The van der Waals surface area contributed by atoms with Crippen LogP contribution in [-0.4, -0.2) is 24.2 Å². The first kappa shape index (κ1) is 13.4. The summed E-state index contributed by atoms with van der Waals surface area (Å²) in [4.78, 5) is 25.1. The smallest absolute Gasteiger partial charge is 0.196 e. The van der Waals surface area contributed by atoms with Crippen molar-refractivity contribution in [2.24, 2.45) is 0 Å². The number of ether oxygens (including phenoxy) is 1. The first-order valence-electron chi connectivity index (χ1n) is 6.67. The highest BCUT2D eigenvalue weighted by Crippen LogP contribution is 2.33. The van der Waals surface area contributed by atoms with Gasteiger partial charge >= 0.3 is 0 Å². The van der Waals surface area contributed by atoms with Gasteiger partial charge in [0.15, 0.2) is 17.1 Å². The molecular formula is C17H15NO3. The summed E-state index contributed by atoms with van der Waals surface area (Å²) in [7, 11) is 1.59. The predicted octanol–water partition coefficient (Wildman–Crippen LogP) is 2.95. The van der Waals surface area contributed by atoms with E-state index in [0.29, 0.717) is 16.8 Å². The summed E-state index contributed by atoms with van der Waals surface area (Å²) in [6, 6.07) is 14.0. The van der Waals surface area contributed by atoms with Crippen molar-refractivity contribution < 1.29 is 14.3 Å². The minimum absolute atomic E-state index is 0.195. The Morgan fingerprint density at radius 2 is 1.43 bits per heavy atom. The van der Waals surface area contributed by atoms with Crippen LogP contribution >= 0.6 is 0 Å². The van der Waals surface area contributed by atoms with Gasteiger partial charge in [-0.1, -0.05) is 24.3 Å². The van der Waals surface area contributed by atoms with Gasteiger partial charge < -0.3 is 10.1 Å². The molecule has 0 radical (unpaired) electrons. The molecule has 106 valence electrons. The molecule has 0 aliphatic heterocycles. The van der Waals surface area contributed by atoms with E-state index in [9.17, 15) is 9.59 Å². The lowest BCUT2D eigenvalue weighted by atomic mass is 9.95. The molecule has 0 atom stereocenters. The minimum atomic E-state index is -1.25. The van der Waals surface area contributed by atoms with Crippen LogP contribution < -0.4 is 10.1 Å². The molecule has 4 nitrogen and oxygen atoms in total. The Hall–Kier alpha value is -2.62. The molecule has 3 rings (SSSR count). The summed E-state index contributed by atoms with van der Waals surface area (Å²) in [5.74, 6) is 0.330. The maximum atomic E-state index is 12.5. The van der Waals surface area contributed by atoms with Crippen LogP contribution in [0.5, 0.6) is 5.75 Å². The van der Waals surface area contributed by atoms with Gasteiger partial charge in [-0.3, -0.25) is 9.59 Å². The summed E-state index contributed by atoms with van der Waals surface area (Å²) >= 11 is 0. The quantitative estimate of drug-likeness (QED) is 0.879. The molecule has 0 fully saturated rings. The molecule has 0 bridgehead atoms. The molecule has 21 heavy (non-hydrogen) atoms. The molecule has 2 aromatic carbocycles. The lowest BCUT2D eigenvalue weighted by Gasteiger charge is -2.23. The third kappa shape index (κ3) is 2.00. The maximum Gasteiger partial charge on any atom is 0.196 e. The monoisotopic (exact) mass is 281 g/mol. The van der Waals surface area contributed by atoms with Crippen molar-refractivity contribution in [1.29, 1.82) is 0 Å². The zero-order valence-corrected chi connectivity index (χ0v) is 11.8. The Morgan fingerprint density at radius 1 is 0.905 bits per heavy atom. The number of anilines is 1. The fourth-order valence-electron chi connectivity index (χ4n) is 2.60. The lowest BCUT2D eigenvalue weighted by molar-refractivity contribution is 0.0835. The fourth-order valence-corrected chi connectivity index (χ4v) is 2.60. The molecule has 0 saturated carbocycles. The van der Waals surface area contributed by atoms with E-state index < -0.39 is 5.54 Å². The third-order valence-electron chi connectivity index (χ3n) is 3.81. The molecule has 4 heteroatoms. The largest absolute Gasteiger partial charge is 0.497 e. The van der Waals surface area contributed by atoms with Crippen LogP contribution in [0.15, 0.2) is 48.5 Å². The van der Waals surface area contributed by atoms with E-state index in [0.717, 1.165) is 5.75 Å². The van der Waals surface area contributed by atoms with E-state index in [1.807, 2.05) is 0 Å². The minimum Gasteiger partial charge on any atom is -0.497 e. The maximum absolute atomic E-state index is 12.5. The number of Topliss-reactive ketones (excluding diaryl/α,β-unsaturated/α-hetero) is 2. The third-order valence-corrected chi connectivity index (χ3v) is 3.81. The molecule has 1 N–H and O–H groups in total. The molecule has 0 unspecified atom stereocenters. The van der Waals surface area contributed by atoms with E-state index in [1.165, 1.54) is 0 Å². The van der Waals surface area contributed by atoms with Crippen LogP contribution in [0, 0.1) is 0 Å². The van der Waals surface area contributed by atoms with Gasteiger partial charge in [-0.25, -0.2) is 0 Å². The summed E-state index contributed by atoms with van der Waals surface area (Å²) in [6.45, 7) is 1.63. The highest BCUT2D eigenvalue weighted by Gasteiger charge is 2.49. The van der Waals surface area contributed by atoms with E-state index in [1.54, 1.807) is 62.6 Å². The Kier molecular flexibility index (Phi) is 3.01. The Labute approximate surface area is 122 Å². The molecule has 1 aliphatic carbocycles. The van der Waals surface area contributed by atoms with Crippen LogP contribution in [0.2, 0.25) is 0 Å². The molecule has 0 saturated heterocycles. The van der Waals surface area contributed by atoms with Gasteiger partial charge in [0.2, 0.25) is 0 Å². The molecule has 2 aromatic rings. The summed E-state index contributed by atoms with van der Waals surface area (Å²) < 4.78 is 5.10. The Bertz CT molecular complexity index is 684. The summed E-state index contributed by atoms with van der Waals surface area (Å²) in [6.07, 6.45) is 0. The highest BCUT2D eigenvalue weighted by atomic mass is 16.5. The fraction of sp³-hybridized carbons (Fsp3) is 0.176. The molecule has 1 aliphatic rings. The van der Waals surface area contributed by atoms with Crippen molar-refractivity contribution >= 4 is 17.3 Å². The van der Waals surface area contributed by atoms with Crippen LogP contribution in [-0.2, 0) is 0 Å². The number of fused-ring (bicyclic) bond motifs is 1. The molecule has 0 heterocycles. The van der Waals surface area contributed by atoms with E-state index in [2.05, 4.69) is 5.32 Å². The number of nitrogens with one attached hydrogen (secondary N) is 1. The van der Waals surface area contributed by atoms with Gasteiger partial charge in [0.05, 0.1) is 7.11 Å². The normalized spacial score (nSPS) is 15.7. The van der Waals surface area contributed by atoms with Gasteiger partial charge in [0.25, 0.3) is 0 Å². The average Bonchev–Trinajstić information content (AvgIpc) is 2.71. The topological polar surface area (TPSA) is 55.4 Å². The van der Waals surface area contributed by atoms with Crippen LogP contribution in [0.1, 0.15) is 27.6 Å². The second kappa shape index (κ2) is 4.74. The average molecular weight is 281 g/mol. The Balaban J connectivity index is 1.95. The number of methoxy groups -OCH3 is 1. The first-order valence-corrected chi connectivity index (χ1v) is 6.67. The number of carbonyl (C=O) groups excluding carboxylic acids is 2. The van der Waals surface area contributed by atoms with E-state index >= 15 is 0 Å². The van der Waals surface area contributed by atoms with Gasteiger partial charge in [0.1, 0.15) is 5.75 Å².